The number of benzene rings is 1. The molecular weight excluding hydrogens is 472 g/mol. The number of amides is 2. The molecule has 3 aromatic rings. The van der Waals surface area contributed by atoms with Crippen LogP contribution in [0.2, 0.25) is 5.15 Å². The molecule has 0 spiro atoms. The fraction of sp³-hybridized carbons (Fsp3) is 0.100. The van der Waals surface area contributed by atoms with E-state index in [1.165, 1.54) is 25.3 Å². The van der Waals surface area contributed by atoms with Gasteiger partial charge in [0, 0.05) is 11.9 Å². The molecule has 8 nitrogen and oxygen atoms in total. The van der Waals surface area contributed by atoms with E-state index in [1.54, 1.807) is 0 Å². The van der Waals surface area contributed by atoms with Crippen LogP contribution < -0.4 is 20.5 Å². The van der Waals surface area contributed by atoms with Crippen LogP contribution in [0.15, 0.2) is 42.6 Å². The second-order valence-electron chi connectivity index (χ2n) is 6.29. The molecule has 0 saturated carbocycles. The lowest BCUT2D eigenvalue weighted by Gasteiger charge is -2.17. The van der Waals surface area contributed by atoms with Crippen molar-refractivity contribution in [2.45, 2.75) is 6.18 Å². The van der Waals surface area contributed by atoms with Gasteiger partial charge in [0.2, 0.25) is 0 Å². The Bertz CT molecular complexity index is 1240. The number of pyridine rings is 2. The lowest BCUT2D eigenvalue weighted by Crippen LogP contribution is -2.19. The summed E-state index contributed by atoms with van der Waals surface area (Å²) in [7, 11) is 1.23. The van der Waals surface area contributed by atoms with Gasteiger partial charge in [0.1, 0.15) is 22.2 Å². The van der Waals surface area contributed by atoms with Crippen LogP contribution in [0.5, 0.6) is 17.4 Å². The van der Waals surface area contributed by atoms with Crippen molar-refractivity contribution in [3.8, 4) is 17.4 Å². The topological polar surface area (TPSA) is 116 Å². The quantitative estimate of drug-likeness (QED) is 0.394. The Hall–Kier alpha value is -3.93. The first-order chi connectivity index (χ1) is 15.5. The number of alkyl halides is 3. The summed E-state index contributed by atoms with van der Waals surface area (Å²) >= 11 is 5.77. The van der Waals surface area contributed by atoms with E-state index >= 15 is 0 Å². The molecule has 0 fully saturated rings. The van der Waals surface area contributed by atoms with Gasteiger partial charge in [0.15, 0.2) is 11.6 Å². The molecule has 33 heavy (non-hydrogen) atoms. The second kappa shape index (κ2) is 9.28. The number of hydrogen-bond donors (Lipinski definition) is 2. The second-order valence-corrected chi connectivity index (χ2v) is 6.68. The molecule has 3 rings (SSSR count). The number of nitrogens with two attached hydrogens (primary N) is 1. The molecule has 1 aromatic carbocycles. The summed E-state index contributed by atoms with van der Waals surface area (Å²) in [5, 5.41) is 2.22. The van der Waals surface area contributed by atoms with Gasteiger partial charge in [-0.25, -0.2) is 4.39 Å². The van der Waals surface area contributed by atoms with E-state index in [1.807, 2.05) is 0 Å². The fourth-order valence-electron chi connectivity index (χ4n) is 2.66. The van der Waals surface area contributed by atoms with Gasteiger partial charge >= 0.3 is 6.18 Å². The van der Waals surface area contributed by atoms with Gasteiger partial charge in [-0.15, -0.1) is 0 Å². The first kappa shape index (κ1) is 23.7. The molecule has 0 radical (unpaired) electrons. The minimum absolute atomic E-state index is 0.0266. The average Bonchev–Trinajstić information content (AvgIpc) is 2.74. The molecule has 172 valence electrons. The zero-order valence-corrected chi connectivity index (χ0v) is 17.3. The highest BCUT2D eigenvalue weighted by Gasteiger charge is 2.37. The molecule has 0 bridgehead atoms. The maximum Gasteiger partial charge on any atom is 0.419 e. The van der Waals surface area contributed by atoms with Crippen LogP contribution in [0.25, 0.3) is 0 Å². The van der Waals surface area contributed by atoms with Crippen molar-refractivity contribution in [1.82, 2.24) is 9.97 Å². The molecule has 3 N–H and O–H groups in total. The van der Waals surface area contributed by atoms with Crippen molar-refractivity contribution in [2.24, 2.45) is 5.73 Å². The molecule has 2 heterocycles. The Labute approximate surface area is 188 Å². The minimum atomic E-state index is -5.09. The molecule has 2 aromatic heterocycles. The molecule has 0 unspecified atom stereocenters. The summed E-state index contributed by atoms with van der Waals surface area (Å²) in [6, 6.07) is 6.06. The highest BCUT2D eigenvalue weighted by atomic mass is 35.5. The van der Waals surface area contributed by atoms with E-state index in [0.29, 0.717) is 6.07 Å². The molecule has 2 amide bonds. The van der Waals surface area contributed by atoms with Gasteiger partial charge in [0.05, 0.1) is 12.7 Å². The molecular formula is C20H13ClF4N4O4. The number of anilines is 1. The Kier molecular flexibility index (Phi) is 6.68. The van der Waals surface area contributed by atoms with Crippen molar-refractivity contribution >= 4 is 29.1 Å². The third-order valence-electron chi connectivity index (χ3n) is 4.11. The van der Waals surface area contributed by atoms with E-state index in [0.717, 1.165) is 18.3 Å². The van der Waals surface area contributed by atoms with E-state index in [2.05, 4.69) is 15.3 Å². The summed E-state index contributed by atoms with van der Waals surface area (Å²) in [5.41, 5.74) is 2.07. The average molecular weight is 485 g/mol. The summed E-state index contributed by atoms with van der Waals surface area (Å²) < 4.78 is 65.2. The third kappa shape index (κ3) is 5.29. The number of nitrogens with zero attached hydrogens (tertiary/aromatic N) is 2. The number of ether oxygens (including phenoxy) is 2. The number of carbonyl (C=O) groups is 2. The summed E-state index contributed by atoms with van der Waals surface area (Å²) in [5.74, 6) is -4.95. The Balaban J connectivity index is 2.08. The number of rotatable bonds is 6. The Morgan fingerprint density at radius 3 is 2.45 bits per heavy atom. The SMILES string of the molecule is COc1nc(Cl)ccc1Oc1ccc(C(F)(F)F)c(F)c1C(=O)Nc1ccnc(C(N)=O)c1. The van der Waals surface area contributed by atoms with Crippen LogP contribution in [0, 0.1) is 5.82 Å². The highest BCUT2D eigenvalue weighted by Crippen LogP contribution is 2.39. The van der Waals surface area contributed by atoms with E-state index in [9.17, 15) is 27.2 Å². The minimum Gasteiger partial charge on any atom is -0.478 e. The zero-order chi connectivity index (χ0) is 24.3. The van der Waals surface area contributed by atoms with Crippen LogP contribution in [0.4, 0.5) is 23.2 Å². The number of methoxy groups -OCH3 is 1. The van der Waals surface area contributed by atoms with Gasteiger partial charge in [-0.05, 0) is 36.4 Å². The standard InChI is InChI=1S/C20H13ClF4N4O4/c1-32-19-13(4-5-14(21)29-19)33-12-3-2-10(20(23,24)25)16(22)15(12)18(31)28-9-6-7-27-11(8-9)17(26)30/h2-8H,1H3,(H2,26,30)(H,27,28,31). The normalized spacial score (nSPS) is 11.1. The van der Waals surface area contributed by atoms with Crippen molar-refractivity contribution in [3.63, 3.8) is 0 Å². The van der Waals surface area contributed by atoms with Crippen LogP contribution in [0.1, 0.15) is 26.4 Å². The van der Waals surface area contributed by atoms with Crippen molar-refractivity contribution in [1.29, 1.82) is 0 Å². The van der Waals surface area contributed by atoms with E-state index in [-0.39, 0.29) is 28.2 Å². The first-order valence-electron chi connectivity index (χ1n) is 8.86. The van der Waals surface area contributed by atoms with Crippen LogP contribution >= 0.6 is 11.6 Å². The lowest BCUT2D eigenvalue weighted by atomic mass is 10.1. The predicted molar refractivity (Wildman–Crippen MR) is 108 cm³/mol. The van der Waals surface area contributed by atoms with Crippen LogP contribution in [-0.4, -0.2) is 28.9 Å². The lowest BCUT2D eigenvalue weighted by molar-refractivity contribution is -0.140. The Morgan fingerprint density at radius 2 is 1.82 bits per heavy atom. The number of halogens is 5. The Morgan fingerprint density at radius 1 is 1.12 bits per heavy atom. The third-order valence-corrected chi connectivity index (χ3v) is 4.32. The van der Waals surface area contributed by atoms with Gasteiger partial charge in [-0.2, -0.15) is 18.2 Å². The number of nitrogens with one attached hydrogen (secondary N) is 1. The fourth-order valence-corrected chi connectivity index (χ4v) is 2.80. The van der Waals surface area contributed by atoms with Crippen LogP contribution in [-0.2, 0) is 6.18 Å². The predicted octanol–water partition coefficient (Wildman–Crippen LogP) is 4.44. The summed E-state index contributed by atoms with van der Waals surface area (Å²) in [6.07, 6.45) is -3.97. The van der Waals surface area contributed by atoms with Gasteiger partial charge < -0.3 is 20.5 Å². The van der Waals surface area contributed by atoms with E-state index < -0.39 is 40.7 Å². The monoisotopic (exact) mass is 484 g/mol. The number of primary amides is 1. The summed E-state index contributed by atoms with van der Waals surface area (Å²) in [4.78, 5) is 31.6. The van der Waals surface area contributed by atoms with E-state index in [4.69, 9.17) is 26.8 Å². The largest absolute Gasteiger partial charge is 0.478 e. The van der Waals surface area contributed by atoms with Crippen molar-refractivity contribution in [2.75, 3.05) is 12.4 Å². The molecule has 0 aliphatic rings. The molecule has 0 aliphatic heterocycles. The van der Waals surface area contributed by atoms with Crippen molar-refractivity contribution < 1.29 is 36.6 Å². The van der Waals surface area contributed by atoms with Crippen molar-refractivity contribution in [3.05, 3.63) is 70.4 Å². The highest BCUT2D eigenvalue weighted by molar-refractivity contribution is 6.29. The van der Waals surface area contributed by atoms with Crippen LogP contribution in [0.3, 0.4) is 0 Å². The number of hydrogen-bond acceptors (Lipinski definition) is 6. The number of carbonyl (C=O) groups excluding carboxylic acids is 2. The molecule has 0 aliphatic carbocycles. The maximum absolute atomic E-state index is 14.9. The van der Waals surface area contributed by atoms with Gasteiger partial charge in [0.25, 0.3) is 17.7 Å². The molecule has 13 heteroatoms. The summed E-state index contributed by atoms with van der Waals surface area (Å²) in [6.45, 7) is 0. The zero-order valence-electron chi connectivity index (χ0n) is 16.5. The first-order valence-corrected chi connectivity index (χ1v) is 9.24. The van der Waals surface area contributed by atoms with Gasteiger partial charge in [-0.3, -0.25) is 14.6 Å². The smallest absolute Gasteiger partial charge is 0.419 e. The maximum atomic E-state index is 14.9. The molecule has 0 atom stereocenters. The van der Waals surface area contributed by atoms with Gasteiger partial charge in [-0.1, -0.05) is 11.6 Å². The number of aromatic nitrogens is 2. The molecule has 0 saturated heterocycles.